The van der Waals surface area contributed by atoms with Crippen LogP contribution in [0.3, 0.4) is 0 Å². The van der Waals surface area contributed by atoms with Crippen LogP contribution in [0.1, 0.15) is 5.56 Å². The van der Waals surface area contributed by atoms with Crippen molar-refractivity contribution in [2.75, 3.05) is 31.2 Å². The van der Waals surface area contributed by atoms with Crippen LogP contribution in [0, 0.1) is 5.41 Å². The number of rotatable bonds is 2. The Balaban J connectivity index is 1.83. The van der Waals surface area contributed by atoms with Gasteiger partial charge in [0.15, 0.2) is 5.17 Å². The van der Waals surface area contributed by atoms with Crippen molar-refractivity contribution >= 4 is 45.6 Å². The lowest BCUT2D eigenvalue weighted by Gasteiger charge is -2.29. The quantitative estimate of drug-likeness (QED) is 0.820. The number of amidine groups is 1. The van der Waals surface area contributed by atoms with Gasteiger partial charge in [-0.2, -0.15) is 0 Å². The number of para-hydroxylation sites is 1. The minimum Gasteiger partial charge on any atom is -0.378 e. The number of benzene rings is 1. The number of aromatic nitrogens is 1. The van der Waals surface area contributed by atoms with Crippen LogP contribution in [0.5, 0.6) is 0 Å². The monoisotopic (exact) mass is 340 g/mol. The largest absolute Gasteiger partial charge is 0.378 e. The van der Waals surface area contributed by atoms with Gasteiger partial charge in [0.1, 0.15) is 5.82 Å². The molecule has 1 amide bonds. The van der Waals surface area contributed by atoms with E-state index in [1.807, 2.05) is 30.3 Å². The summed E-state index contributed by atoms with van der Waals surface area (Å²) in [7, 11) is 0. The zero-order valence-corrected chi connectivity index (χ0v) is 13.7. The molecule has 0 saturated carbocycles. The fourth-order valence-electron chi connectivity index (χ4n) is 2.84. The molecule has 4 rings (SSSR count). The second-order valence-electron chi connectivity index (χ2n) is 5.59. The summed E-state index contributed by atoms with van der Waals surface area (Å²) in [5.41, 5.74) is 1.82. The number of pyridine rings is 1. The topological polar surface area (TPSA) is 78.3 Å². The Morgan fingerprint density at radius 2 is 2.08 bits per heavy atom. The standard InChI is InChI=1S/C17H16N4O2S/c18-17-20-16(22)14(24-17)10-12-9-11-3-1-2-4-13(11)19-15(12)21-5-7-23-8-6-21/h1-4,9-10H,5-8H2,(H2,18,20,22). The van der Waals surface area contributed by atoms with Gasteiger partial charge in [-0.3, -0.25) is 10.2 Å². The van der Waals surface area contributed by atoms with Gasteiger partial charge in [0.05, 0.1) is 23.6 Å². The normalized spacial score (nSPS) is 20.0. The van der Waals surface area contributed by atoms with Crippen molar-refractivity contribution in [3.05, 3.63) is 40.8 Å². The molecule has 0 unspecified atom stereocenters. The average molecular weight is 340 g/mol. The lowest BCUT2D eigenvalue weighted by atomic mass is 10.1. The van der Waals surface area contributed by atoms with E-state index in [0.29, 0.717) is 18.1 Å². The molecule has 0 atom stereocenters. The molecule has 2 aliphatic heterocycles. The number of amides is 1. The molecular formula is C17H16N4O2S. The van der Waals surface area contributed by atoms with Crippen molar-refractivity contribution in [2.24, 2.45) is 0 Å². The first-order chi connectivity index (χ1) is 11.7. The number of anilines is 1. The summed E-state index contributed by atoms with van der Waals surface area (Å²) in [6.07, 6.45) is 1.83. The van der Waals surface area contributed by atoms with Crippen LogP contribution < -0.4 is 10.2 Å². The number of carbonyl (C=O) groups excluding carboxylic acids is 1. The van der Waals surface area contributed by atoms with Gasteiger partial charge in [-0.15, -0.1) is 0 Å². The summed E-state index contributed by atoms with van der Waals surface area (Å²) in [4.78, 5) is 19.5. The van der Waals surface area contributed by atoms with Gasteiger partial charge in [0.25, 0.3) is 5.91 Å². The SMILES string of the molecule is N=C1NC(=O)C(=Cc2cc3ccccc3nc2N2CCOCC2)S1. The Morgan fingerprint density at radius 3 is 2.83 bits per heavy atom. The Bertz CT molecular complexity index is 859. The van der Waals surface area contributed by atoms with Crippen LogP contribution in [0.25, 0.3) is 17.0 Å². The average Bonchev–Trinajstić information content (AvgIpc) is 2.92. The highest BCUT2D eigenvalue weighted by Crippen LogP contribution is 2.30. The molecule has 2 N–H and O–H groups in total. The van der Waals surface area contributed by atoms with Crippen molar-refractivity contribution in [2.45, 2.75) is 0 Å². The van der Waals surface area contributed by atoms with E-state index in [0.717, 1.165) is 47.1 Å². The smallest absolute Gasteiger partial charge is 0.264 e. The molecule has 0 spiro atoms. The molecule has 3 heterocycles. The first-order valence-electron chi connectivity index (χ1n) is 7.73. The summed E-state index contributed by atoms with van der Waals surface area (Å²) in [6.45, 7) is 2.89. The maximum absolute atomic E-state index is 11.9. The number of hydrogen-bond donors (Lipinski definition) is 2. The maximum Gasteiger partial charge on any atom is 0.264 e. The van der Waals surface area contributed by atoms with Crippen LogP contribution in [0.4, 0.5) is 5.82 Å². The van der Waals surface area contributed by atoms with Gasteiger partial charge in [0.2, 0.25) is 0 Å². The van der Waals surface area contributed by atoms with E-state index in [9.17, 15) is 4.79 Å². The van der Waals surface area contributed by atoms with Gasteiger partial charge >= 0.3 is 0 Å². The molecule has 6 nitrogen and oxygen atoms in total. The summed E-state index contributed by atoms with van der Waals surface area (Å²) in [5.74, 6) is 0.627. The van der Waals surface area contributed by atoms with E-state index in [-0.39, 0.29) is 11.1 Å². The second-order valence-corrected chi connectivity index (χ2v) is 6.64. The van der Waals surface area contributed by atoms with E-state index in [1.165, 1.54) is 0 Å². The zero-order valence-electron chi connectivity index (χ0n) is 12.9. The van der Waals surface area contributed by atoms with E-state index in [4.69, 9.17) is 15.1 Å². The van der Waals surface area contributed by atoms with Gasteiger partial charge in [-0.1, -0.05) is 18.2 Å². The highest BCUT2D eigenvalue weighted by atomic mass is 32.2. The maximum atomic E-state index is 11.9. The second kappa shape index (κ2) is 6.26. The summed E-state index contributed by atoms with van der Waals surface area (Å²) in [6, 6.07) is 10.00. The molecule has 2 aromatic rings. The van der Waals surface area contributed by atoms with Crippen molar-refractivity contribution in [3.63, 3.8) is 0 Å². The molecule has 0 bridgehead atoms. The van der Waals surface area contributed by atoms with Crippen LogP contribution in [-0.4, -0.2) is 42.4 Å². The Hall–Kier alpha value is -2.38. The third-order valence-corrected chi connectivity index (χ3v) is 4.82. The lowest BCUT2D eigenvalue weighted by Crippen LogP contribution is -2.37. The molecule has 122 valence electrons. The predicted octanol–water partition coefficient (Wildman–Crippen LogP) is 2.21. The van der Waals surface area contributed by atoms with E-state index in [1.54, 1.807) is 0 Å². The summed E-state index contributed by atoms with van der Waals surface area (Å²) in [5, 5.41) is 11.3. The fourth-order valence-corrected chi connectivity index (χ4v) is 3.53. The first-order valence-corrected chi connectivity index (χ1v) is 8.54. The Kier molecular flexibility index (Phi) is 3.95. The van der Waals surface area contributed by atoms with E-state index >= 15 is 0 Å². The van der Waals surface area contributed by atoms with Crippen molar-refractivity contribution in [1.29, 1.82) is 5.41 Å². The number of ether oxygens (including phenoxy) is 1. The van der Waals surface area contributed by atoms with E-state index in [2.05, 4.69) is 16.3 Å². The number of nitrogens with one attached hydrogen (secondary N) is 2. The third-order valence-electron chi connectivity index (χ3n) is 3.99. The zero-order chi connectivity index (χ0) is 16.5. The van der Waals surface area contributed by atoms with Crippen LogP contribution in [0.15, 0.2) is 35.2 Å². The predicted molar refractivity (Wildman–Crippen MR) is 96.2 cm³/mol. The molecule has 2 saturated heterocycles. The molecule has 24 heavy (non-hydrogen) atoms. The summed E-state index contributed by atoms with van der Waals surface area (Å²) >= 11 is 1.14. The molecule has 2 aliphatic rings. The molecule has 0 aliphatic carbocycles. The van der Waals surface area contributed by atoms with Gasteiger partial charge in [-0.25, -0.2) is 4.98 Å². The Labute approximate surface area is 143 Å². The Morgan fingerprint density at radius 1 is 1.29 bits per heavy atom. The molecular weight excluding hydrogens is 324 g/mol. The first kappa shape index (κ1) is 15.2. The minimum atomic E-state index is -0.230. The van der Waals surface area contributed by atoms with E-state index < -0.39 is 0 Å². The highest BCUT2D eigenvalue weighted by molar-refractivity contribution is 8.18. The highest BCUT2D eigenvalue weighted by Gasteiger charge is 2.24. The number of carbonyl (C=O) groups is 1. The van der Waals surface area contributed by atoms with Gasteiger partial charge in [0, 0.05) is 24.0 Å². The molecule has 7 heteroatoms. The minimum absolute atomic E-state index is 0.160. The number of thioether (sulfide) groups is 1. The summed E-state index contributed by atoms with van der Waals surface area (Å²) < 4.78 is 5.43. The van der Waals surface area contributed by atoms with Crippen molar-refractivity contribution in [1.82, 2.24) is 10.3 Å². The molecule has 0 radical (unpaired) electrons. The number of morpholine rings is 1. The van der Waals surface area contributed by atoms with Gasteiger partial charge < -0.3 is 15.0 Å². The van der Waals surface area contributed by atoms with Gasteiger partial charge in [-0.05, 0) is 30.0 Å². The van der Waals surface area contributed by atoms with Crippen molar-refractivity contribution in [3.8, 4) is 0 Å². The van der Waals surface area contributed by atoms with Crippen LogP contribution >= 0.6 is 11.8 Å². The van der Waals surface area contributed by atoms with Crippen LogP contribution in [-0.2, 0) is 9.53 Å². The fraction of sp³-hybridized carbons (Fsp3) is 0.235. The van der Waals surface area contributed by atoms with Crippen molar-refractivity contribution < 1.29 is 9.53 Å². The number of hydrogen-bond acceptors (Lipinski definition) is 6. The van der Waals surface area contributed by atoms with Crippen LogP contribution in [0.2, 0.25) is 0 Å². The molecule has 1 aromatic heterocycles. The third kappa shape index (κ3) is 2.88. The number of nitrogens with zero attached hydrogens (tertiary/aromatic N) is 2. The molecule has 1 aromatic carbocycles. The molecule has 2 fully saturated rings. The number of fused-ring (bicyclic) bond motifs is 1. The lowest BCUT2D eigenvalue weighted by molar-refractivity contribution is -0.115.